The largest absolute Gasteiger partial charge is 0.395 e. The van der Waals surface area contributed by atoms with Gasteiger partial charge in [-0.25, -0.2) is 4.98 Å². The van der Waals surface area contributed by atoms with E-state index >= 15 is 0 Å². The van der Waals surface area contributed by atoms with Gasteiger partial charge in [-0.2, -0.15) is 5.26 Å². The molecule has 3 rings (SSSR count). The average Bonchev–Trinajstić information content (AvgIpc) is 3.16. The molecule has 21 heavy (non-hydrogen) atoms. The Morgan fingerprint density at radius 2 is 2.33 bits per heavy atom. The van der Waals surface area contributed by atoms with Crippen molar-refractivity contribution in [1.82, 2.24) is 10.3 Å². The number of rotatable bonds is 5. The zero-order valence-electron chi connectivity index (χ0n) is 12.3. The van der Waals surface area contributed by atoms with Crippen LogP contribution in [0.15, 0.2) is 6.07 Å². The molecule has 0 aromatic carbocycles. The molecule has 0 spiro atoms. The molecule has 112 valence electrons. The molecule has 0 radical (unpaired) electrons. The zero-order chi connectivity index (χ0) is 14.7. The van der Waals surface area contributed by atoms with Crippen molar-refractivity contribution in [1.29, 1.82) is 5.26 Å². The number of fused-ring (bicyclic) bond motifs is 1. The fourth-order valence-electron chi connectivity index (χ4n) is 3.37. The van der Waals surface area contributed by atoms with Crippen molar-refractivity contribution >= 4 is 5.82 Å². The number of nitrogens with one attached hydrogen (secondary N) is 1. The molecular formula is C16H22N4O. The molecule has 0 amide bonds. The molecule has 2 aliphatic rings. The number of aryl methyl sites for hydroxylation is 2. The van der Waals surface area contributed by atoms with Gasteiger partial charge in [-0.1, -0.05) is 0 Å². The van der Waals surface area contributed by atoms with E-state index in [1.54, 1.807) is 0 Å². The number of aliphatic hydroxyl groups excluding tert-OH is 1. The van der Waals surface area contributed by atoms with Crippen molar-refractivity contribution in [3.05, 3.63) is 22.9 Å². The van der Waals surface area contributed by atoms with Crippen molar-refractivity contribution in [2.45, 2.75) is 38.1 Å². The Hall–Kier alpha value is -1.64. The lowest BCUT2D eigenvalue weighted by Crippen LogP contribution is -2.40. The van der Waals surface area contributed by atoms with E-state index in [0.717, 1.165) is 50.3 Å². The number of aromatic nitrogens is 1. The predicted octanol–water partition coefficient (Wildman–Crippen LogP) is 0.993. The number of anilines is 1. The second kappa shape index (κ2) is 6.42. The van der Waals surface area contributed by atoms with Crippen LogP contribution in [-0.4, -0.2) is 42.4 Å². The van der Waals surface area contributed by atoms with Gasteiger partial charge in [0.1, 0.15) is 11.9 Å². The van der Waals surface area contributed by atoms with Gasteiger partial charge in [-0.15, -0.1) is 0 Å². The minimum Gasteiger partial charge on any atom is -0.395 e. The third-order valence-corrected chi connectivity index (χ3v) is 4.42. The number of hydrogen-bond donors (Lipinski definition) is 2. The first-order valence-corrected chi connectivity index (χ1v) is 7.84. The van der Waals surface area contributed by atoms with Crippen LogP contribution in [0.25, 0.3) is 0 Å². The van der Waals surface area contributed by atoms with E-state index in [1.807, 2.05) is 6.07 Å². The van der Waals surface area contributed by atoms with Gasteiger partial charge in [0.25, 0.3) is 0 Å². The summed E-state index contributed by atoms with van der Waals surface area (Å²) in [6, 6.07) is 4.71. The topological polar surface area (TPSA) is 72.2 Å². The van der Waals surface area contributed by atoms with Crippen LogP contribution in [0.4, 0.5) is 5.82 Å². The van der Waals surface area contributed by atoms with Crippen LogP contribution in [0.5, 0.6) is 0 Å². The molecular weight excluding hydrogens is 264 g/mol. The summed E-state index contributed by atoms with van der Waals surface area (Å²) in [6.07, 6.45) is 5.50. The Bertz CT molecular complexity index is 546. The molecule has 1 aliphatic heterocycles. The van der Waals surface area contributed by atoms with E-state index in [9.17, 15) is 10.4 Å². The Labute approximate surface area is 125 Å². The number of pyridine rings is 1. The number of nitriles is 1. The Kier molecular flexibility index (Phi) is 4.37. The highest BCUT2D eigenvalue weighted by molar-refractivity contribution is 5.57. The van der Waals surface area contributed by atoms with Gasteiger partial charge < -0.3 is 15.3 Å². The van der Waals surface area contributed by atoms with Crippen LogP contribution < -0.4 is 10.2 Å². The van der Waals surface area contributed by atoms with E-state index in [4.69, 9.17) is 4.98 Å². The summed E-state index contributed by atoms with van der Waals surface area (Å²) < 4.78 is 0. The standard InChI is InChI=1S/C16H22N4O/c17-10-13-9-12-3-1-5-15(12)19-16(13)20(7-8-21)11-14-4-2-6-18-14/h9,14,18,21H,1-8,11H2. The number of hydrogen-bond acceptors (Lipinski definition) is 5. The van der Waals surface area contributed by atoms with Crippen molar-refractivity contribution in [2.24, 2.45) is 0 Å². The minimum atomic E-state index is 0.0797. The molecule has 5 nitrogen and oxygen atoms in total. The van der Waals surface area contributed by atoms with Gasteiger partial charge in [-0.3, -0.25) is 0 Å². The summed E-state index contributed by atoms with van der Waals surface area (Å²) in [6.45, 7) is 2.47. The maximum Gasteiger partial charge on any atom is 0.146 e. The fourth-order valence-corrected chi connectivity index (χ4v) is 3.37. The molecule has 1 unspecified atom stereocenters. The molecule has 5 heteroatoms. The number of nitrogens with zero attached hydrogens (tertiary/aromatic N) is 3. The van der Waals surface area contributed by atoms with E-state index in [1.165, 1.54) is 12.0 Å². The van der Waals surface area contributed by atoms with E-state index in [2.05, 4.69) is 16.3 Å². The van der Waals surface area contributed by atoms with Gasteiger partial charge in [-0.05, 0) is 50.3 Å². The molecule has 1 aliphatic carbocycles. The lowest BCUT2D eigenvalue weighted by Gasteiger charge is -2.27. The summed E-state index contributed by atoms with van der Waals surface area (Å²) in [7, 11) is 0. The minimum absolute atomic E-state index is 0.0797. The van der Waals surface area contributed by atoms with Gasteiger partial charge in [0, 0.05) is 24.8 Å². The highest BCUT2D eigenvalue weighted by atomic mass is 16.3. The Morgan fingerprint density at radius 3 is 3.05 bits per heavy atom. The Balaban J connectivity index is 1.88. The molecule has 1 aromatic rings. The van der Waals surface area contributed by atoms with Crippen molar-refractivity contribution in [2.75, 3.05) is 31.1 Å². The SMILES string of the molecule is N#Cc1cc2c(nc1N(CCO)CC1CCCN1)CCC2. The normalized spacial score (nSPS) is 20.3. The molecule has 1 atom stereocenters. The predicted molar refractivity (Wildman–Crippen MR) is 81.3 cm³/mol. The highest BCUT2D eigenvalue weighted by Crippen LogP contribution is 2.27. The summed E-state index contributed by atoms with van der Waals surface area (Å²) in [4.78, 5) is 6.82. The molecule has 1 saturated heterocycles. The first kappa shape index (κ1) is 14.3. The van der Waals surface area contributed by atoms with Crippen LogP contribution in [0.3, 0.4) is 0 Å². The maximum atomic E-state index is 9.43. The quantitative estimate of drug-likeness (QED) is 0.844. The monoisotopic (exact) mass is 286 g/mol. The first-order valence-electron chi connectivity index (χ1n) is 7.84. The van der Waals surface area contributed by atoms with Crippen LogP contribution in [-0.2, 0) is 12.8 Å². The van der Waals surface area contributed by atoms with Gasteiger partial charge in [0.05, 0.1) is 12.2 Å². The highest BCUT2D eigenvalue weighted by Gasteiger charge is 2.23. The number of aliphatic hydroxyl groups is 1. The van der Waals surface area contributed by atoms with Crippen molar-refractivity contribution in [3.63, 3.8) is 0 Å². The van der Waals surface area contributed by atoms with E-state index in [0.29, 0.717) is 18.2 Å². The lowest BCUT2D eigenvalue weighted by molar-refractivity contribution is 0.300. The molecule has 2 N–H and O–H groups in total. The molecule has 0 saturated carbocycles. The van der Waals surface area contributed by atoms with Crippen LogP contribution in [0.1, 0.15) is 36.1 Å². The van der Waals surface area contributed by atoms with Gasteiger partial charge in [0.2, 0.25) is 0 Å². The van der Waals surface area contributed by atoms with Crippen LogP contribution in [0.2, 0.25) is 0 Å². The molecule has 1 fully saturated rings. The van der Waals surface area contributed by atoms with E-state index in [-0.39, 0.29) is 6.61 Å². The molecule has 1 aromatic heterocycles. The van der Waals surface area contributed by atoms with E-state index < -0.39 is 0 Å². The molecule has 0 bridgehead atoms. The smallest absolute Gasteiger partial charge is 0.146 e. The van der Waals surface area contributed by atoms with Gasteiger partial charge in [0.15, 0.2) is 0 Å². The molecule has 2 heterocycles. The second-order valence-corrected chi connectivity index (χ2v) is 5.89. The van der Waals surface area contributed by atoms with Crippen molar-refractivity contribution < 1.29 is 5.11 Å². The fraction of sp³-hybridized carbons (Fsp3) is 0.625. The summed E-state index contributed by atoms with van der Waals surface area (Å²) in [5, 5.41) is 22.3. The summed E-state index contributed by atoms with van der Waals surface area (Å²) >= 11 is 0. The van der Waals surface area contributed by atoms with Crippen molar-refractivity contribution in [3.8, 4) is 6.07 Å². The Morgan fingerprint density at radius 1 is 1.43 bits per heavy atom. The summed E-state index contributed by atoms with van der Waals surface area (Å²) in [5.74, 6) is 0.751. The second-order valence-electron chi connectivity index (χ2n) is 5.89. The lowest BCUT2D eigenvalue weighted by atomic mass is 10.1. The van der Waals surface area contributed by atoms with Crippen LogP contribution in [0, 0.1) is 11.3 Å². The summed E-state index contributed by atoms with van der Waals surface area (Å²) in [5.41, 5.74) is 2.99. The first-order chi connectivity index (χ1) is 10.3. The average molecular weight is 286 g/mol. The van der Waals surface area contributed by atoms with Crippen LogP contribution >= 0.6 is 0 Å². The maximum absolute atomic E-state index is 9.43. The third kappa shape index (κ3) is 3.02. The van der Waals surface area contributed by atoms with Gasteiger partial charge >= 0.3 is 0 Å². The zero-order valence-corrected chi connectivity index (χ0v) is 12.3. The third-order valence-electron chi connectivity index (χ3n) is 4.42.